The molecule has 0 aliphatic rings. The molecule has 0 fully saturated rings. The van der Waals surface area contributed by atoms with Gasteiger partial charge in [0, 0.05) is 9.35 Å². The van der Waals surface area contributed by atoms with Crippen molar-refractivity contribution in [1.29, 1.82) is 0 Å². The lowest BCUT2D eigenvalue weighted by Gasteiger charge is -2.09. The number of thiophene rings is 1. The van der Waals surface area contributed by atoms with Crippen LogP contribution in [0.5, 0.6) is 0 Å². The lowest BCUT2D eigenvalue weighted by Crippen LogP contribution is -2.18. The van der Waals surface area contributed by atoms with E-state index in [1.54, 1.807) is 11.3 Å². The topological polar surface area (TPSA) is 32.3 Å². The Hall–Kier alpha value is 0.580. The van der Waals surface area contributed by atoms with Gasteiger partial charge < -0.3 is 10.4 Å². The molecule has 1 rings (SSSR count). The Morgan fingerprint density at radius 3 is 2.67 bits per heavy atom. The summed E-state index contributed by atoms with van der Waals surface area (Å²) < 4.78 is 2.10. The van der Waals surface area contributed by atoms with Crippen LogP contribution in [0.15, 0.2) is 14.3 Å². The van der Waals surface area contributed by atoms with Gasteiger partial charge in [-0.3, -0.25) is 0 Å². The fourth-order valence-corrected chi connectivity index (χ4v) is 3.05. The molecule has 1 unspecified atom stereocenters. The van der Waals surface area contributed by atoms with Crippen molar-refractivity contribution in [2.75, 3.05) is 13.7 Å². The van der Waals surface area contributed by atoms with E-state index < -0.39 is 0 Å². The highest BCUT2D eigenvalue weighted by Gasteiger charge is 2.12. The first-order chi connectivity index (χ1) is 5.69. The maximum absolute atomic E-state index is 8.99. The fraction of sp³-hybridized carbons (Fsp3) is 0.429. The zero-order valence-electron chi connectivity index (χ0n) is 6.47. The van der Waals surface area contributed by atoms with Crippen LogP contribution in [0.25, 0.3) is 0 Å². The molecule has 0 aliphatic heterocycles. The van der Waals surface area contributed by atoms with Crippen LogP contribution in [0.4, 0.5) is 0 Å². The summed E-state index contributed by atoms with van der Waals surface area (Å²) in [6.45, 7) is 0.121. The summed E-state index contributed by atoms with van der Waals surface area (Å²) in [5.74, 6) is 0. The Bertz CT molecular complexity index is 240. The molecule has 1 aromatic rings. The van der Waals surface area contributed by atoms with E-state index in [-0.39, 0.29) is 12.6 Å². The van der Waals surface area contributed by atoms with E-state index in [1.807, 2.05) is 13.1 Å². The van der Waals surface area contributed by atoms with E-state index >= 15 is 0 Å². The summed E-state index contributed by atoms with van der Waals surface area (Å²) in [5, 5.41) is 12.0. The molecule has 0 saturated heterocycles. The first-order valence-electron chi connectivity index (χ1n) is 3.42. The lowest BCUT2D eigenvalue weighted by molar-refractivity contribution is 0.253. The number of aliphatic hydroxyl groups excluding tert-OH is 1. The van der Waals surface area contributed by atoms with Gasteiger partial charge in [0.25, 0.3) is 0 Å². The fourth-order valence-electron chi connectivity index (χ4n) is 0.859. The van der Waals surface area contributed by atoms with E-state index in [1.165, 1.54) is 0 Å². The number of likely N-dealkylation sites (N-methyl/N-ethyl adjacent to an activating group) is 1. The number of nitrogens with one attached hydrogen (secondary N) is 1. The van der Waals surface area contributed by atoms with Crippen molar-refractivity contribution < 1.29 is 5.11 Å². The maximum Gasteiger partial charge on any atom is 0.0843 e. The monoisotopic (exact) mass is 313 g/mol. The minimum Gasteiger partial charge on any atom is -0.394 e. The van der Waals surface area contributed by atoms with Crippen LogP contribution in [0.2, 0.25) is 0 Å². The van der Waals surface area contributed by atoms with Crippen LogP contribution in [0.3, 0.4) is 0 Å². The summed E-state index contributed by atoms with van der Waals surface area (Å²) in [6.07, 6.45) is 0. The van der Waals surface area contributed by atoms with Gasteiger partial charge in [-0.2, -0.15) is 0 Å². The second-order valence-corrected chi connectivity index (χ2v) is 5.55. The molecule has 68 valence electrons. The third-order valence-electron chi connectivity index (χ3n) is 1.54. The first-order valence-corrected chi connectivity index (χ1v) is 5.82. The van der Waals surface area contributed by atoms with E-state index in [4.69, 9.17) is 5.11 Å². The second kappa shape index (κ2) is 4.72. The van der Waals surface area contributed by atoms with Crippen LogP contribution in [-0.4, -0.2) is 18.8 Å². The van der Waals surface area contributed by atoms with Crippen molar-refractivity contribution in [3.05, 3.63) is 19.2 Å². The predicted molar refractivity (Wildman–Crippen MR) is 58.6 cm³/mol. The molecule has 5 heteroatoms. The van der Waals surface area contributed by atoms with Gasteiger partial charge in [-0.05, 0) is 45.0 Å². The molecule has 0 bridgehead atoms. The molecule has 12 heavy (non-hydrogen) atoms. The van der Waals surface area contributed by atoms with Crippen LogP contribution in [0.1, 0.15) is 10.9 Å². The largest absolute Gasteiger partial charge is 0.394 e. The quantitative estimate of drug-likeness (QED) is 0.898. The van der Waals surface area contributed by atoms with Crippen LogP contribution >= 0.6 is 43.2 Å². The molecule has 0 saturated carbocycles. The number of halogens is 2. The lowest BCUT2D eigenvalue weighted by atomic mass is 10.2. The minimum atomic E-state index is 0.0394. The summed E-state index contributed by atoms with van der Waals surface area (Å²) in [6, 6.07) is 2.05. The number of hydrogen-bond acceptors (Lipinski definition) is 3. The molecule has 0 amide bonds. The average Bonchev–Trinajstić information content (AvgIpc) is 2.35. The molecule has 0 aliphatic carbocycles. The molecule has 1 aromatic heterocycles. The molecule has 0 aromatic carbocycles. The summed E-state index contributed by atoms with van der Waals surface area (Å²) in [4.78, 5) is 1.12. The smallest absolute Gasteiger partial charge is 0.0843 e. The van der Waals surface area contributed by atoms with Crippen LogP contribution in [0, 0.1) is 0 Å². The zero-order valence-corrected chi connectivity index (χ0v) is 10.5. The highest BCUT2D eigenvalue weighted by Crippen LogP contribution is 2.35. The van der Waals surface area contributed by atoms with Gasteiger partial charge in [-0.1, -0.05) is 0 Å². The van der Waals surface area contributed by atoms with Gasteiger partial charge in [0.05, 0.1) is 16.4 Å². The van der Waals surface area contributed by atoms with Crippen molar-refractivity contribution in [2.45, 2.75) is 6.04 Å². The van der Waals surface area contributed by atoms with Crippen LogP contribution in [-0.2, 0) is 0 Å². The van der Waals surface area contributed by atoms with Crippen LogP contribution < -0.4 is 5.32 Å². The van der Waals surface area contributed by atoms with Gasteiger partial charge in [0.1, 0.15) is 0 Å². The molecule has 2 N–H and O–H groups in total. The number of hydrogen-bond donors (Lipinski definition) is 2. The highest BCUT2D eigenvalue weighted by atomic mass is 79.9. The molecular weight excluding hydrogens is 306 g/mol. The standard InChI is InChI=1S/C7H9Br2NOS/c1-10-5(3-11)6-2-4(8)7(9)12-6/h2,5,10-11H,3H2,1H3. The molecule has 1 atom stereocenters. The highest BCUT2D eigenvalue weighted by molar-refractivity contribution is 9.13. The Labute approximate surface area is 92.2 Å². The number of rotatable bonds is 3. The van der Waals surface area contributed by atoms with E-state index in [9.17, 15) is 0 Å². The van der Waals surface area contributed by atoms with Crippen molar-refractivity contribution >= 4 is 43.2 Å². The SMILES string of the molecule is CNC(CO)c1cc(Br)c(Br)s1. The molecule has 1 heterocycles. The molecule has 0 spiro atoms. The third-order valence-corrected chi connectivity index (χ3v) is 4.91. The normalized spacial score (nSPS) is 13.3. The van der Waals surface area contributed by atoms with E-state index in [0.717, 1.165) is 13.1 Å². The molecular formula is C7H9Br2NOS. The van der Waals surface area contributed by atoms with Gasteiger partial charge in [0.2, 0.25) is 0 Å². The minimum absolute atomic E-state index is 0.0394. The summed E-state index contributed by atoms with van der Waals surface area (Å²) >= 11 is 8.42. The number of aliphatic hydroxyl groups is 1. The Kier molecular flexibility index (Phi) is 4.19. The van der Waals surface area contributed by atoms with Crippen molar-refractivity contribution in [1.82, 2.24) is 5.32 Å². The third kappa shape index (κ3) is 2.29. The summed E-state index contributed by atoms with van der Waals surface area (Å²) in [5.41, 5.74) is 0. The van der Waals surface area contributed by atoms with Crippen molar-refractivity contribution in [2.24, 2.45) is 0 Å². The first kappa shape index (κ1) is 10.7. The van der Waals surface area contributed by atoms with Crippen molar-refractivity contribution in [3.8, 4) is 0 Å². The van der Waals surface area contributed by atoms with Gasteiger partial charge in [-0.25, -0.2) is 0 Å². The Morgan fingerprint density at radius 1 is 1.67 bits per heavy atom. The summed E-state index contributed by atoms with van der Waals surface area (Å²) in [7, 11) is 1.84. The Balaban J connectivity index is 2.86. The zero-order chi connectivity index (χ0) is 9.14. The van der Waals surface area contributed by atoms with Crippen molar-refractivity contribution in [3.63, 3.8) is 0 Å². The van der Waals surface area contributed by atoms with Gasteiger partial charge in [0.15, 0.2) is 0 Å². The maximum atomic E-state index is 8.99. The van der Waals surface area contributed by atoms with E-state index in [0.29, 0.717) is 0 Å². The van der Waals surface area contributed by atoms with Gasteiger partial charge >= 0.3 is 0 Å². The molecule has 0 radical (unpaired) electrons. The average molecular weight is 315 g/mol. The Morgan fingerprint density at radius 2 is 2.33 bits per heavy atom. The van der Waals surface area contributed by atoms with Gasteiger partial charge in [-0.15, -0.1) is 11.3 Å². The second-order valence-electron chi connectivity index (χ2n) is 2.29. The van der Waals surface area contributed by atoms with E-state index in [2.05, 4.69) is 37.2 Å². The predicted octanol–water partition coefficient (Wildman–Crippen LogP) is 2.53. The molecule has 2 nitrogen and oxygen atoms in total.